The van der Waals surface area contributed by atoms with Crippen molar-refractivity contribution < 1.29 is 9.13 Å². The summed E-state index contributed by atoms with van der Waals surface area (Å²) < 4.78 is 19.0. The Kier molecular flexibility index (Phi) is 4.54. The van der Waals surface area contributed by atoms with E-state index in [1.807, 2.05) is 12.1 Å². The van der Waals surface area contributed by atoms with Gasteiger partial charge in [0, 0.05) is 19.7 Å². The first-order valence-electron chi connectivity index (χ1n) is 5.91. The molecule has 0 aliphatic heterocycles. The molecule has 1 N–H and O–H groups in total. The van der Waals surface area contributed by atoms with E-state index in [0.29, 0.717) is 16.6 Å². The van der Waals surface area contributed by atoms with Crippen molar-refractivity contribution in [1.29, 1.82) is 0 Å². The SMILES string of the molecule is COC1CCCC1NCc1ccc(F)c(Br)c1. The molecule has 2 unspecified atom stereocenters. The molecule has 2 nitrogen and oxygen atoms in total. The highest BCUT2D eigenvalue weighted by molar-refractivity contribution is 9.10. The molecule has 1 fully saturated rings. The van der Waals surface area contributed by atoms with Crippen molar-refractivity contribution in [2.24, 2.45) is 0 Å². The highest BCUT2D eigenvalue weighted by Gasteiger charge is 2.26. The van der Waals surface area contributed by atoms with Crippen LogP contribution in [0.2, 0.25) is 0 Å². The van der Waals surface area contributed by atoms with E-state index in [4.69, 9.17) is 4.74 Å². The molecule has 0 radical (unpaired) electrons. The molecule has 0 bridgehead atoms. The number of halogens is 2. The number of rotatable bonds is 4. The minimum Gasteiger partial charge on any atom is -0.380 e. The molecule has 0 aromatic heterocycles. The van der Waals surface area contributed by atoms with Crippen LogP contribution in [0, 0.1) is 5.82 Å². The number of benzene rings is 1. The largest absolute Gasteiger partial charge is 0.380 e. The highest BCUT2D eigenvalue weighted by Crippen LogP contribution is 2.22. The van der Waals surface area contributed by atoms with Gasteiger partial charge in [0.2, 0.25) is 0 Å². The maximum Gasteiger partial charge on any atom is 0.137 e. The van der Waals surface area contributed by atoms with Crippen LogP contribution in [0.3, 0.4) is 0 Å². The summed E-state index contributed by atoms with van der Waals surface area (Å²) in [5, 5.41) is 3.48. The number of nitrogens with one attached hydrogen (secondary N) is 1. The van der Waals surface area contributed by atoms with Crippen LogP contribution in [0.1, 0.15) is 24.8 Å². The zero-order chi connectivity index (χ0) is 12.3. The third kappa shape index (κ3) is 3.27. The molecule has 94 valence electrons. The lowest BCUT2D eigenvalue weighted by molar-refractivity contribution is 0.0847. The number of ether oxygens (including phenoxy) is 1. The van der Waals surface area contributed by atoms with Crippen LogP contribution < -0.4 is 5.32 Å². The minimum atomic E-state index is -0.218. The number of hydrogen-bond donors (Lipinski definition) is 1. The summed E-state index contributed by atoms with van der Waals surface area (Å²) >= 11 is 3.20. The molecule has 0 spiro atoms. The highest BCUT2D eigenvalue weighted by atomic mass is 79.9. The van der Waals surface area contributed by atoms with E-state index in [-0.39, 0.29) is 5.82 Å². The van der Waals surface area contributed by atoms with Crippen molar-refractivity contribution >= 4 is 15.9 Å². The van der Waals surface area contributed by atoms with Gasteiger partial charge in [0.05, 0.1) is 10.6 Å². The fraction of sp³-hybridized carbons (Fsp3) is 0.538. The molecule has 0 saturated heterocycles. The van der Waals surface area contributed by atoms with Crippen molar-refractivity contribution in [1.82, 2.24) is 5.32 Å². The predicted molar refractivity (Wildman–Crippen MR) is 69.4 cm³/mol. The van der Waals surface area contributed by atoms with Gasteiger partial charge in [-0.1, -0.05) is 6.07 Å². The summed E-state index contributed by atoms with van der Waals surface area (Å²) in [5.41, 5.74) is 1.08. The molecule has 1 aromatic rings. The van der Waals surface area contributed by atoms with Crippen LogP contribution in [0.5, 0.6) is 0 Å². The van der Waals surface area contributed by atoms with Crippen LogP contribution in [-0.4, -0.2) is 19.3 Å². The van der Waals surface area contributed by atoms with Gasteiger partial charge in [-0.15, -0.1) is 0 Å². The normalized spacial score (nSPS) is 24.2. The third-order valence-corrected chi connectivity index (χ3v) is 3.92. The van der Waals surface area contributed by atoms with E-state index in [1.165, 1.54) is 12.5 Å². The molecule has 1 saturated carbocycles. The van der Waals surface area contributed by atoms with E-state index in [2.05, 4.69) is 21.2 Å². The fourth-order valence-corrected chi connectivity index (χ4v) is 2.77. The summed E-state index contributed by atoms with van der Waals surface area (Å²) in [7, 11) is 1.76. The Morgan fingerprint density at radius 2 is 2.29 bits per heavy atom. The Bertz CT molecular complexity index is 386. The van der Waals surface area contributed by atoms with Gasteiger partial charge in [-0.05, 0) is 52.9 Å². The van der Waals surface area contributed by atoms with E-state index in [1.54, 1.807) is 7.11 Å². The summed E-state index contributed by atoms with van der Waals surface area (Å²) in [6.07, 6.45) is 3.81. The van der Waals surface area contributed by atoms with Gasteiger partial charge in [-0.3, -0.25) is 0 Å². The van der Waals surface area contributed by atoms with Crippen LogP contribution in [0.15, 0.2) is 22.7 Å². The molecule has 2 rings (SSSR count). The van der Waals surface area contributed by atoms with Gasteiger partial charge in [-0.25, -0.2) is 4.39 Å². The van der Waals surface area contributed by atoms with Crippen LogP contribution in [0.25, 0.3) is 0 Å². The molecule has 4 heteroatoms. The smallest absolute Gasteiger partial charge is 0.137 e. The van der Waals surface area contributed by atoms with Gasteiger partial charge in [0.1, 0.15) is 5.82 Å². The van der Waals surface area contributed by atoms with Crippen LogP contribution >= 0.6 is 15.9 Å². The monoisotopic (exact) mass is 301 g/mol. The lowest BCUT2D eigenvalue weighted by Crippen LogP contribution is -2.36. The molecule has 1 aliphatic carbocycles. The average molecular weight is 302 g/mol. The lowest BCUT2D eigenvalue weighted by Gasteiger charge is -2.19. The van der Waals surface area contributed by atoms with Crippen molar-refractivity contribution in [3.8, 4) is 0 Å². The van der Waals surface area contributed by atoms with Gasteiger partial charge < -0.3 is 10.1 Å². The second-order valence-corrected chi connectivity index (χ2v) is 5.30. The van der Waals surface area contributed by atoms with Crippen molar-refractivity contribution in [3.05, 3.63) is 34.1 Å². The molecule has 17 heavy (non-hydrogen) atoms. The van der Waals surface area contributed by atoms with Gasteiger partial charge >= 0.3 is 0 Å². The van der Waals surface area contributed by atoms with E-state index in [0.717, 1.165) is 24.9 Å². The lowest BCUT2D eigenvalue weighted by atomic mass is 10.1. The van der Waals surface area contributed by atoms with Crippen LogP contribution in [0.4, 0.5) is 4.39 Å². The molecular weight excluding hydrogens is 285 g/mol. The summed E-state index contributed by atoms with van der Waals surface area (Å²) in [5.74, 6) is -0.218. The van der Waals surface area contributed by atoms with Crippen molar-refractivity contribution in [3.63, 3.8) is 0 Å². The van der Waals surface area contributed by atoms with E-state index in [9.17, 15) is 4.39 Å². The average Bonchev–Trinajstić information content (AvgIpc) is 2.78. The molecular formula is C13H17BrFNO. The molecule has 1 aromatic carbocycles. The number of methoxy groups -OCH3 is 1. The van der Waals surface area contributed by atoms with Gasteiger partial charge in [-0.2, -0.15) is 0 Å². The topological polar surface area (TPSA) is 21.3 Å². The molecule has 0 heterocycles. The first kappa shape index (κ1) is 13.0. The second kappa shape index (κ2) is 5.94. The Morgan fingerprint density at radius 3 is 3.00 bits per heavy atom. The Morgan fingerprint density at radius 1 is 1.47 bits per heavy atom. The predicted octanol–water partition coefficient (Wildman–Crippen LogP) is 3.25. The van der Waals surface area contributed by atoms with Crippen molar-refractivity contribution in [2.75, 3.05) is 7.11 Å². The molecule has 2 atom stereocenters. The molecule has 0 amide bonds. The van der Waals surface area contributed by atoms with Gasteiger partial charge in [0.25, 0.3) is 0 Å². The third-order valence-electron chi connectivity index (χ3n) is 3.31. The summed E-state index contributed by atoms with van der Waals surface area (Å²) in [6.45, 7) is 0.753. The van der Waals surface area contributed by atoms with E-state index >= 15 is 0 Å². The zero-order valence-electron chi connectivity index (χ0n) is 9.88. The Balaban J connectivity index is 1.91. The quantitative estimate of drug-likeness (QED) is 0.922. The second-order valence-electron chi connectivity index (χ2n) is 4.44. The maximum atomic E-state index is 13.1. The maximum absolute atomic E-state index is 13.1. The standard InChI is InChI=1S/C13H17BrFNO/c1-17-13-4-2-3-12(13)16-8-9-5-6-11(15)10(14)7-9/h5-7,12-13,16H,2-4,8H2,1H3. The summed E-state index contributed by atoms with van der Waals surface area (Å²) in [4.78, 5) is 0. The first-order chi connectivity index (χ1) is 8.20. The summed E-state index contributed by atoms with van der Waals surface area (Å²) in [6, 6.07) is 5.54. The van der Waals surface area contributed by atoms with Crippen molar-refractivity contribution in [2.45, 2.75) is 38.0 Å². The zero-order valence-corrected chi connectivity index (χ0v) is 11.5. The van der Waals surface area contributed by atoms with Crippen LogP contribution in [-0.2, 0) is 11.3 Å². The van der Waals surface area contributed by atoms with E-state index < -0.39 is 0 Å². The minimum absolute atomic E-state index is 0.218. The fourth-order valence-electron chi connectivity index (χ4n) is 2.34. The first-order valence-corrected chi connectivity index (χ1v) is 6.70. The van der Waals surface area contributed by atoms with Gasteiger partial charge in [0.15, 0.2) is 0 Å². The Labute approximate surface area is 110 Å². The number of hydrogen-bond acceptors (Lipinski definition) is 2. The Hall–Kier alpha value is -0.450. The molecule has 1 aliphatic rings.